The maximum absolute atomic E-state index is 12.3. The molecule has 1 fully saturated rings. The minimum atomic E-state index is -0.802. The van der Waals surface area contributed by atoms with Gasteiger partial charge in [0.15, 0.2) is 0 Å². The lowest BCUT2D eigenvalue weighted by atomic mass is 10.1. The number of carbonyl (C=O) groups excluding carboxylic acids is 1. The third kappa shape index (κ3) is 3.45. The van der Waals surface area contributed by atoms with Crippen LogP contribution in [0.15, 0.2) is 28.7 Å². The molecular formula is C14H18BrNO2S. The van der Waals surface area contributed by atoms with E-state index in [4.69, 9.17) is 0 Å². The summed E-state index contributed by atoms with van der Waals surface area (Å²) < 4.78 is 12.7. The van der Waals surface area contributed by atoms with Crippen LogP contribution in [0, 0.1) is 0 Å². The van der Waals surface area contributed by atoms with Crippen LogP contribution < -0.4 is 0 Å². The fourth-order valence-electron chi connectivity index (χ4n) is 2.28. The molecule has 1 aromatic rings. The summed E-state index contributed by atoms with van der Waals surface area (Å²) in [6, 6.07) is 7.86. The SMILES string of the molecule is C[C@@H]1[C@@H](C)[S@@](=O)CCN1C(=O)Cc1ccc(Br)cc1. The van der Waals surface area contributed by atoms with Gasteiger partial charge in [-0.25, -0.2) is 0 Å². The number of rotatable bonds is 2. The van der Waals surface area contributed by atoms with E-state index in [1.807, 2.05) is 43.0 Å². The normalized spacial score (nSPS) is 27.3. The molecule has 3 atom stereocenters. The number of halogens is 1. The Morgan fingerprint density at radius 3 is 2.63 bits per heavy atom. The van der Waals surface area contributed by atoms with Gasteiger partial charge in [-0.15, -0.1) is 0 Å². The number of benzene rings is 1. The predicted octanol–water partition coefficient (Wildman–Crippen LogP) is 2.36. The van der Waals surface area contributed by atoms with Crippen molar-refractivity contribution in [3.63, 3.8) is 0 Å². The monoisotopic (exact) mass is 343 g/mol. The Hall–Kier alpha value is -0.680. The van der Waals surface area contributed by atoms with Gasteiger partial charge < -0.3 is 4.90 Å². The van der Waals surface area contributed by atoms with Crippen molar-refractivity contribution in [1.82, 2.24) is 4.90 Å². The Balaban J connectivity index is 2.03. The van der Waals surface area contributed by atoms with Gasteiger partial charge in [0.2, 0.25) is 5.91 Å². The highest BCUT2D eigenvalue weighted by Crippen LogP contribution is 2.18. The highest BCUT2D eigenvalue weighted by Gasteiger charge is 2.32. The van der Waals surface area contributed by atoms with Crippen LogP contribution in [0.4, 0.5) is 0 Å². The maximum atomic E-state index is 12.3. The van der Waals surface area contributed by atoms with E-state index in [1.54, 1.807) is 0 Å². The van der Waals surface area contributed by atoms with Gasteiger partial charge in [0, 0.05) is 33.6 Å². The Morgan fingerprint density at radius 1 is 1.37 bits per heavy atom. The molecule has 1 aliphatic rings. The summed E-state index contributed by atoms with van der Waals surface area (Å²) in [5.74, 6) is 0.718. The molecule has 1 heterocycles. The van der Waals surface area contributed by atoms with Gasteiger partial charge in [-0.05, 0) is 31.5 Å². The predicted molar refractivity (Wildman–Crippen MR) is 81.5 cm³/mol. The van der Waals surface area contributed by atoms with E-state index in [0.29, 0.717) is 18.7 Å². The van der Waals surface area contributed by atoms with Crippen molar-refractivity contribution in [2.45, 2.75) is 31.6 Å². The minimum Gasteiger partial charge on any atom is -0.338 e. The highest BCUT2D eigenvalue weighted by molar-refractivity contribution is 9.10. The molecule has 0 unspecified atom stereocenters. The van der Waals surface area contributed by atoms with Crippen molar-refractivity contribution in [2.24, 2.45) is 0 Å². The summed E-state index contributed by atoms with van der Waals surface area (Å²) in [5.41, 5.74) is 1.01. The largest absolute Gasteiger partial charge is 0.338 e. The van der Waals surface area contributed by atoms with Crippen molar-refractivity contribution in [1.29, 1.82) is 0 Å². The van der Waals surface area contributed by atoms with Gasteiger partial charge in [0.25, 0.3) is 0 Å². The molecule has 0 spiro atoms. The molecule has 0 saturated carbocycles. The number of hydrogen-bond donors (Lipinski definition) is 0. The molecule has 1 saturated heterocycles. The molecule has 1 aromatic carbocycles. The molecule has 0 N–H and O–H groups in total. The summed E-state index contributed by atoms with van der Waals surface area (Å²) in [5, 5.41) is 0.0580. The van der Waals surface area contributed by atoms with E-state index < -0.39 is 10.8 Å². The molecule has 104 valence electrons. The van der Waals surface area contributed by atoms with E-state index in [9.17, 15) is 9.00 Å². The molecule has 0 aromatic heterocycles. The molecule has 1 aliphatic heterocycles. The van der Waals surface area contributed by atoms with Crippen LogP contribution >= 0.6 is 15.9 Å². The lowest BCUT2D eigenvalue weighted by Gasteiger charge is -2.37. The Bertz CT molecular complexity index is 489. The molecule has 19 heavy (non-hydrogen) atoms. The standard InChI is InChI=1S/C14H18BrNO2S/c1-10-11(2)19(18)8-7-16(10)14(17)9-12-3-5-13(15)6-4-12/h3-6,10-11H,7-9H2,1-2H3/t10-,11-,19+/m1/s1. The number of nitrogens with zero attached hydrogens (tertiary/aromatic N) is 1. The number of amides is 1. The van der Waals surface area contributed by atoms with Crippen molar-refractivity contribution in [2.75, 3.05) is 12.3 Å². The van der Waals surface area contributed by atoms with Crippen LogP contribution in [-0.2, 0) is 22.0 Å². The van der Waals surface area contributed by atoms with Crippen LogP contribution in [0.1, 0.15) is 19.4 Å². The second kappa shape index (κ2) is 6.18. The fourth-order valence-corrected chi connectivity index (χ4v) is 3.88. The average molecular weight is 344 g/mol. The lowest BCUT2D eigenvalue weighted by molar-refractivity contribution is -0.132. The number of carbonyl (C=O) groups is 1. The first kappa shape index (κ1) is 14.7. The second-order valence-corrected chi connectivity index (χ2v) is 7.75. The molecule has 0 aliphatic carbocycles. The van der Waals surface area contributed by atoms with Crippen molar-refractivity contribution in [3.8, 4) is 0 Å². The Morgan fingerprint density at radius 2 is 2.00 bits per heavy atom. The zero-order valence-corrected chi connectivity index (χ0v) is 13.5. The summed E-state index contributed by atoms with van der Waals surface area (Å²) in [6.45, 7) is 4.55. The first-order chi connectivity index (χ1) is 8.99. The Labute approximate surface area is 125 Å². The Kier molecular flexibility index (Phi) is 4.79. The van der Waals surface area contributed by atoms with Gasteiger partial charge in [-0.1, -0.05) is 28.1 Å². The van der Waals surface area contributed by atoms with Gasteiger partial charge in [-0.3, -0.25) is 9.00 Å². The molecular weight excluding hydrogens is 326 g/mol. The van der Waals surface area contributed by atoms with E-state index in [0.717, 1.165) is 10.0 Å². The molecule has 2 rings (SSSR count). The summed E-state index contributed by atoms with van der Waals surface area (Å²) in [6.07, 6.45) is 0.414. The van der Waals surface area contributed by atoms with Gasteiger partial charge in [0.1, 0.15) is 0 Å². The molecule has 5 heteroatoms. The van der Waals surface area contributed by atoms with Crippen LogP contribution in [-0.4, -0.2) is 38.6 Å². The smallest absolute Gasteiger partial charge is 0.227 e. The molecule has 0 bridgehead atoms. The van der Waals surface area contributed by atoms with E-state index in [-0.39, 0.29) is 17.2 Å². The highest BCUT2D eigenvalue weighted by atomic mass is 79.9. The van der Waals surface area contributed by atoms with E-state index in [1.165, 1.54) is 0 Å². The first-order valence-corrected chi connectivity index (χ1v) is 8.57. The molecule has 3 nitrogen and oxygen atoms in total. The molecule has 0 radical (unpaired) electrons. The number of hydrogen-bond acceptors (Lipinski definition) is 2. The molecule has 1 amide bonds. The van der Waals surface area contributed by atoms with Gasteiger partial charge >= 0.3 is 0 Å². The maximum Gasteiger partial charge on any atom is 0.227 e. The summed E-state index contributed by atoms with van der Waals surface area (Å²) in [7, 11) is -0.802. The minimum absolute atomic E-state index is 0.0533. The van der Waals surface area contributed by atoms with Crippen molar-refractivity contribution < 1.29 is 9.00 Å². The fraction of sp³-hybridized carbons (Fsp3) is 0.500. The topological polar surface area (TPSA) is 37.4 Å². The first-order valence-electron chi connectivity index (χ1n) is 6.40. The lowest BCUT2D eigenvalue weighted by Crippen LogP contribution is -2.52. The van der Waals surface area contributed by atoms with Gasteiger partial charge in [0.05, 0.1) is 11.7 Å². The van der Waals surface area contributed by atoms with Crippen LogP contribution in [0.2, 0.25) is 0 Å². The van der Waals surface area contributed by atoms with Crippen molar-refractivity contribution in [3.05, 3.63) is 34.3 Å². The summed E-state index contributed by atoms with van der Waals surface area (Å²) >= 11 is 3.38. The second-order valence-electron chi connectivity index (χ2n) is 4.92. The van der Waals surface area contributed by atoms with Crippen molar-refractivity contribution >= 4 is 32.6 Å². The zero-order chi connectivity index (χ0) is 14.0. The quantitative estimate of drug-likeness (QED) is 0.826. The van der Waals surface area contributed by atoms with Gasteiger partial charge in [-0.2, -0.15) is 0 Å². The zero-order valence-electron chi connectivity index (χ0n) is 11.1. The summed E-state index contributed by atoms with van der Waals surface area (Å²) in [4.78, 5) is 14.2. The van der Waals surface area contributed by atoms with E-state index >= 15 is 0 Å². The third-order valence-electron chi connectivity index (χ3n) is 3.71. The van der Waals surface area contributed by atoms with Crippen LogP contribution in [0.25, 0.3) is 0 Å². The van der Waals surface area contributed by atoms with Crippen LogP contribution in [0.5, 0.6) is 0 Å². The van der Waals surface area contributed by atoms with Crippen LogP contribution in [0.3, 0.4) is 0 Å². The van der Waals surface area contributed by atoms with E-state index in [2.05, 4.69) is 15.9 Å². The third-order valence-corrected chi connectivity index (χ3v) is 6.04. The average Bonchev–Trinajstić information content (AvgIpc) is 2.39.